The molecule has 2 aliphatic heterocycles. The smallest absolute Gasteiger partial charge is 0.313 e. The van der Waals surface area contributed by atoms with E-state index in [0.29, 0.717) is 0 Å². The molecule has 2 heterocycles. The maximum Gasteiger partial charge on any atom is 0.313 e. The van der Waals surface area contributed by atoms with Crippen molar-refractivity contribution >= 4 is 16.1 Å². The van der Waals surface area contributed by atoms with E-state index in [0.717, 1.165) is 31.4 Å². The zero-order valence-electron chi connectivity index (χ0n) is 14.8. The molecular formula is C18H25NO6S. The fourth-order valence-electron chi connectivity index (χ4n) is 3.53. The topological polar surface area (TPSA) is 102 Å². The second kappa shape index (κ2) is 8.04. The Bertz CT molecular complexity index is 727. The van der Waals surface area contributed by atoms with E-state index < -0.39 is 34.2 Å². The van der Waals surface area contributed by atoms with Crippen LogP contribution < -0.4 is 5.32 Å². The molecule has 0 bridgehead atoms. The number of rotatable bonds is 4. The molecule has 4 atom stereocenters. The van der Waals surface area contributed by atoms with E-state index in [1.165, 1.54) is 12.1 Å². The summed E-state index contributed by atoms with van der Waals surface area (Å²) in [5.41, 5.74) is 0.931. The Morgan fingerprint density at radius 3 is 2.58 bits per heavy atom. The van der Waals surface area contributed by atoms with Gasteiger partial charge in [0.15, 0.2) is 0 Å². The average molecular weight is 383 g/mol. The molecule has 26 heavy (non-hydrogen) atoms. The van der Waals surface area contributed by atoms with E-state index in [1.807, 2.05) is 6.92 Å². The number of cyclic esters (lactones) is 1. The first-order valence-corrected chi connectivity index (χ1v) is 10.4. The lowest BCUT2D eigenvalue weighted by Gasteiger charge is -2.33. The maximum atomic E-state index is 12.6. The minimum absolute atomic E-state index is 0.0210. The van der Waals surface area contributed by atoms with Gasteiger partial charge in [0, 0.05) is 12.5 Å². The minimum Gasteiger partial charge on any atom is -0.465 e. The standard InChI is InChI=1S/C18H25NO6S/c1-12-5-7-13(8-6-12)26(22,23)25-15-9-11-24-18(21)16(17(15)20)14-4-2-3-10-19-14/h5-8,14-17,19-20H,2-4,9-11H2,1H3/t14-,15+,16-,17-/m1/s1. The van der Waals surface area contributed by atoms with Crippen molar-refractivity contribution in [1.29, 1.82) is 0 Å². The van der Waals surface area contributed by atoms with E-state index in [9.17, 15) is 18.3 Å². The van der Waals surface area contributed by atoms with Crippen LogP contribution in [0.25, 0.3) is 0 Å². The molecule has 0 unspecified atom stereocenters. The Balaban J connectivity index is 1.79. The zero-order chi connectivity index (χ0) is 18.7. The predicted octanol–water partition coefficient (Wildman–Crippen LogP) is 1.14. The first-order chi connectivity index (χ1) is 12.4. The number of aryl methyl sites for hydroxylation is 1. The molecule has 0 amide bonds. The van der Waals surface area contributed by atoms with Crippen LogP contribution in [0.15, 0.2) is 29.2 Å². The Morgan fingerprint density at radius 2 is 1.92 bits per heavy atom. The highest BCUT2D eigenvalue weighted by atomic mass is 32.2. The Hall–Kier alpha value is -1.48. The third-order valence-corrected chi connectivity index (χ3v) is 6.36. The van der Waals surface area contributed by atoms with Crippen LogP contribution in [0.1, 0.15) is 31.2 Å². The van der Waals surface area contributed by atoms with Gasteiger partial charge in [0.25, 0.3) is 10.1 Å². The lowest BCUT2D eigenvalue weighted by atomic mass is 9.85. The van der Waals surface area contributed by atoms with Crippen LogP contribution in [0.2, 0.25) is 0 Å². The number of esters is 1. The minimum atomic E-state index is -4.04. The number of nitrogens with one attached hydrogen (secondary N) is 1. The predicted molar refractivity (Wildman–Crippen MR) is 94.0 cm³/mol. The molecule has 2 fully saturated rings. The molecule has 0 spiro atoms. The third-order valence-electron chi connectivity index (χ3n) is 5.01. The van der Waals surface area contributed by atoms with Gasteiger partial charge in [-0.05, 0) is 38.4 Å². The first kappa shape index (κ1) is 19.3. The molecule has 1 aromatic carbocycles. The highest BCUT2D eigenvalue weighted by molar-refractivity contribution is 7.86. The van der Waals surface area contributed by atoms with Gasteiger partial charge in [-0.3, -0.25) is 8.98 Å². The summed E-state index contributed by atoms with van der Waals surface area (Å²) in [6.07, 6.45) is 0.537. The molecule has 144 valence electrons. The lowest BCUT2D eigenvalue weighted by molar-refractivity contribution is -0.152. The molecule has 0 aliphatic carbocycles. The number of hydrogen-bond donors (Lipinski definition) is 2. The van der Waals surface area contributed by atoms with Gasteiger partial charge >= 0.3 is 5.97 Å². The number of aliphatic hydroxyl groups is 1. The van der Waals surface area contributed by atoms with Crippen molar-refractivity contribution < 1.29 is 27.2 Å². The highest BCUT2D eigenvalue weighted by Gasteiger charge is 2.44. The molecule has 0 aromatic heterocycles. The molecule has 8 heteroatoms. The van der Waals surface area contributed by atoms with Crippen molar-refractivity contribution in [3.63, 3.8) is 0 Å². The Kier molecular flexibility index (Phi) is 5.96. The SMILES string of the molecule is Cc1ccc(S(=O)(=O)O[C@H]2CCOC(=O)[C@H]([C@H]3CCCCN3)[C@@H]2O)cc1. The summed E-state index contributed by atoms with van der Waals surface area (Å²) in [4.78, 5) is 12.3. The lowest BCUT2D eigenvalue weighted by Crippen LogP contribution is -2.51. The third kappa shape index (κ3) is 4.25. The molecule has 2 N–H and O–H groups in total. The molecule has 7 nitrogen and oxygen atoms in total. The average Bonchev–Trinajstić information content (AvgIpc) is 2.74. The summed E-state index contributed by atoms with van der Waals surface area (Å²) < 4.78 is 35.6. The van der Waals surface area contributed by atoms with Crippen molar-refractivity contribution in [2.45, 2.75) is 55.8 Å². The summed E-state index contributed by atoms with van der Waals surface area (Å²) >= 11 is 0. The van der Waals surface area contributed by atoms with Gasteiger partial charge in [-0.2, -0.15) is 8.42 Å². The molecule has 0 radical (unpaired) electrons. The van der Waals surface area contributed by atoms with Crippen LogP contribution in [0.4, 0.5) is 0 Å². The second-order valence-electron chi connectivity index (χ2n) is 6.93. The fraction of sp³-hybridized carbons (Fsp3) is 0.611. The quantitative estimate of drug-likeness (QED) is 0.594. The van der Waals surface area contributed by atoms with Gasteiger partial charge < -0.3 is 15.2 Å². The number of aliphatic hydroxyl groups excluding tert-OH is 1. The van der Waals surface area contributed by atoms with Gasteiger partial charge in [-0.25, -0.2) is 0 Å². The first-order valence-electron chi connectivity index (χ1n) is 8.96. The van der Waals surface area contributed by atoms with Crippen molar-refractivity contribution in [3.8, 4) is 0 Å². The number of carbonyl (C=O) groups is 1. The van der Waals surface area contributed by atoms with Gasteiger partial charge in [0.05, 0.1) is 17.6 Å². The zero-order valence-corrected chi connectivity index (χ0v) is 15.6. The Labute approximate surface area is 153 Å². The monoisotopic (exact) mass is 383 g/mol. The summed E-state index contributed by atoms with van der Waals surface area (Å²) in [5, 5.41) is 14.0. The molecule has 0 saturated carbocycles. The Morgan fingerprint density at radius 1 is 1.19 bits per heavy atom. The molecule has 2 saturated heterocycles. The van der Waals surface area contributed by atoms with Crippen LogP contribution in [-0.2, 0) is 23.8 Å². The summed E-state index contributed by atoms with van der Waals surface area (Å²) in [7, 11) is -4.04. The van der Waals surface area contributed by atoms with Crippen LogP contribution in [0, 0.1) is 12.8 Å². The highest BCUT2D eigenvalue weighted by Crippen LogP contribution is 2.28. The normalized spacial score (nSPS) is 30.5. The molecule has 2 aliphatic rings. The van der Waals surface area contributed by atoms with Gasteiger partial charge in [0.2, 0.25) is 0 Å². The van der Waals surface area contributed by atoms with Gasteiger partial charge in [-0.15, -0.1) is 0 Å². The largest absolute Gasteiger partial charge is 0.465 e. The molecule has 1 aromatic rings. The van der Waals surface area contributed by atoms with Crippen LogP contribution >= 0.6 is 0 Å². The second-order valence-corrected chi connectivity index (χ2v) is 8.50. The number of ether oxygens (including phenoxy) is 1. The number of carbonyl (C=O) groups excluding carboxylic acids is 1. The number of benzene rings is 1. The number of piperidine rings is 1. The number of hydrogen-bond acceptors (Lipinski definition) is 7. The summed E-state index contributed by atoms with van der Waals surface area (Å²) in [6, 6.07) is 6.06. The van der Waals surface area contributed by atoms with Crippen LogP contribution in [-0.4, -0.2) is 50.9 Å². The van der Waals surface area contributed by atoms with Crippen molar-refractivity contribution in [1.82, 2.24) is 5.32 Å². The van der Waals surface area contributed by atoms with Crippen molar-refractivity contribution in [2.75, 3.05) is 13.2 Å². The summed E-state index contributed by atoms with van der Waals surface area (Å²) in [5.74, 6) is -1.34. The van der Waals surface area contributed by atoms with E-state index in [4.69, 9.17) is 8.92 Å². The maximum absolute atomic E-state index is 12.6. The van der Waals surface area contributed by atoms with Crippen molar-refractivity contribution in [2.24, 2.45) is 5.92 Å². The van der Waals surface area contributed by atoms with E-state index in [-0.39, 0.29) is 24.0 Å². The van der Waals surface area contributed by atoms with Crippen LogP contribution in [0.5, 0.6) is 0 Å². The van der Waals surface area contributed by atoms with E-state index >= 15 is 0 Å². The van der Waals surface area contributed by atoms with Crippen LogP contribution in [0.3, 0.4) is 0 Å². The van der Waals surface area contributed by atoms with E-state index in [2.05, 4.69) is 5.32 Å². The summed E-state index contributed by atoms with van der Waals surface area (Å²) in [6.45, 7) is 2.64. The fourth-order valence-corrected chi connectivity index (χ4v) is 4.65. The van der Waals surface area contributed by atoms with E-state index in [1.54, 1.807) is 12.1 Å². The molecular weight excluding hydrogens is 358 g/mol. The molecule has 3 rings (SSSR count). The van der Waals surface area contributed by atoms with Gasteiger partial charge in [0.1, 0.15) is 12.0 Å². The van der Waals surface area contributed by atoms with Gasteiger partial charge in [-0.1, -0.05) is 24.1 Å². The van der Waals surface area contributed by atoms with Crippen molar-refractivity contribution in [3.05, 3.63) is 29.8 Å².